The molecule has 0 N–H and O–H groups in total. The molecule has 1 amide bonds. The molecule has 3 saturated carbocycles. The molecule has 27 heavy (non-hydrogen) atoms. The number of amides is 1. The number of ether oxygens (including phenoxy) is 1. The molecule has 5 atom stereocenters. The Morgan fingerprint density at radius 1 is 1.22 bits per heavy atom. The highest BCUT2D eigenvalue weighted by Crippen LogP contribution is 2.75. The van der Waals surface area contributed by atoms with E-state index in [4.69, 9.17) is 4.74 Å². The number of nitrogens with zero attached hydrogens (tertiary/aromatic N) is 2. The van der Waals surface area contributed by atoms with Gasteiger partial charge in [0.15, 0.2) is 0 Å². The van der Waals surface area contributed by atoms with Crippen molar-refractivity contribution >= 4 is 17.6 Å². The largest absolute Gasteiger partial charge is 0.469 e. The molecule has 6 aliphatic rings. The van der Waals surface area contributed by atoms with E-state index in [9.17, 15) is 9.59 Å². The van der Waals surface area contributed by atoms with Crippen LogP contribution in [-0.2, 0) is 19.7 Å². The molecule has 3 aliphatic heterocycles. The Labute approximate surface area is 159 Å². The van der Waals surface area contributed by atoms with Crippen molar-refractivity contribution in [3.05, 3.63) is 29.8 Å². The summed E-state index contributed by atoms with van der Waals surface area (Å²) in [6, 6.07) is 8.78. The zero-order valence-electron chi connectivity index (χ0n) is 16.0. The Bertz CT molecular complexity index is 884. The molecule has 0 aromatic heterocycles. The second-order valence-electron chi connectivity index (χ2n) is 9.38. The first-order valence-corrected chi connectivity index (χ1v) is 10.2. The third-order valence-corrected chi connectivity index (χ3v) is 8.98. The van der Waals surface area contributed by atoms with Gasteiger partial charge in [0.1, 0.15) is 0 Å². The molecule has 1 aromatic rings. The van der Waals surface area contributed by atoms with Crippen LogP contribution in [0, 0.1) is 11.3 Å². The number of para-hydroxylation sites is 1. The molecule has 0 radical (unpaired) electrons. The fourth-order valence-electron chi connectivity index (χ4n) is 8.34. The first-order valence-electron chi connectivity index (χ1n) is 10.2. The van der Waals surface area contributed by atoms with Gasteiger partial charge in [0.2, 0.25) is 5.91 Å². The molecule has 2 bridgehead atoms. The number of likely N-dealkylation sites (N-methyl/N-ethyl adjacent to an activating group) is 1. The maximum absolute atomic E-state index is 13.3. The standard InChI is InChI=1S/C22H26N2O3/c1-23-16-7-4-3-6-14(16)21-13-17(25)24-11-5-8-20(19(21)24)9-10-22(21,23)15(12-20)18(26)27-2/h3-4,6-7,15,19H,5,8-13H2,1-2H3/t15?,19-,20+,21?,22+/m0/s1. The minimum absolute atomic E-state index is 0.0588. The highest BCUT2D eigenvalue weighted by atomic mass is 16.5. The fraction of sp³-hybridized carbons (Fsp3) is 0.636. The SMILES string of the molecule is COC(=O)C1C[C@@]23CCCN4C(=O)CC5(c6ccccc6N(C)[C@]15CC2)[C@@H]43. The van der Waals surface area contributed by atoms with Crippen LogP contribution in [0.4, 0.5) is 5.69 Å². The van der Waals surface area contributed by atoms with Crippen LogP contribution in [0.2, 0.25) is 0 Å². The molecule has 2 unspecified atom stereocenters. The van der Waals surface area contributed by atoms with Crippen LogP contribution in [0.25, 0.3) is 0 Å². The van der Waals surface area contributed by atoms with Crippen LogP contribution in [-0.4, -0.2) is 49.1 Å². The summed E-state index contributed by atoms with van der Waals surface area (Å²) >= 11 is 0. The van der Waals surface area contributed by atoms with Crippen molar-refractivity contribution in [2.24, 2.45) is 11.3 Å². The van der Waals surface area contributed by atoms with Crippen LogP contribution in [0.1, 0.15) is 44.1 Å². The van der Waals surface area contributed by atoms with E-state index in [2.05, 4.69) is 41.1 Å². The molecule has 1 aromatic carbocycles. The lowest BCUT2D eigenvalue weighted by Crippen LogP contribution is -2.78. The van der Waals surface area contributed by atoms with E-state index in [-0.39, 0.29) is 40.2 Å². The fourth-order valence-corrected chi connectivity index (χ4v) is 8.34. The smallest absolute Gasteiger partial charge is 0.311 e. The van der Waals surface area contributed by atoms with Crippen LogP contribution in [0.15, 0.2) is 24.3 Å². The molecule has 2 saturated heterocycles. The first-order chi connectivity index (χ1) is 13.0. The van der Waals surface area contributed by atoms with Gasteiger partial charge in [0, 0.05) is 31.7 Å². The van der Waals surface area contributed by atoms with Crippen LogP contribution < -0.4 is 4.90 Å². The van der Waals surface area contributed by atoms with Gasteiger partial charge < -0.3 is 14.5 Å². The summed E-state index contributed by atoms with van der Waals surface area (Å²) in [6.45, 7) is 0.873. The number of hydrogen-bond donors (Lipinski definition) is 0. The van der Waals surface area contributed by atoms with E-state index in [1.807, 2.05) is 0 Å². The Kier molecular flexibility index (Phi) is 2.77. The summed E-state index contributed by atoms with van der Waals surface area (Å²) in [5, 5.41) is 0. The Morgan fingerprint density at radius 2 is 2.04 bits per heavy atom. The zero-order valence-corrected chi connectivity index (χ0v) is 16.0. The lowest BCUT2D eigenvalue weighted by atomic mass is 9.38. The normalized spacial score (nSPS) is 43.4. The third kappa shape index (κ3) is 1.43. The molecule has 142 valence electrons. The van der Waals surface area contributed by atoms with Crippen LogP contribution >= 0.6 is 0 Å². The van der Waals surface area contributed by atoms with Crippen molar-refractivity contribution in [1.82, 2.24) is 4.90 Å². The predicted octanol–water partition coefficient (Wildman–Crippen LogP) is 2.48. The topological polar surface area (TPSA) is 49.9 Å². The van der Waals surface area contributed by atoms with E-state index in [1.54, 1.807) is 0 Å². The number of piperidine rings is 1. The number of rotatable bonds is 1. The van der Waals surface area contributed by atoms with Gasteiger partial charge in [0.25, 0.3) is 0 Å². The number of hydrogen-bond acceptors (Lipinski definition) is 4. The maximum Gasteiger partial charge on any atom is 0.311 e. The first kappa shape index (κ1) is 16.0. The van der Waals surface area contributed by atoms with Gasteiger partial charge in [0.05, 0.1) is 24.0 Å². The van der Waals surface area contributed by atoms with Crippen LogP contribution in [0.3, 0.4) is 0 Å². The average Bonchev–Trinajstić information content (AvgIpc) is 3.13. The average molecular weight is 366 g/mol. The number of carbonyl (C=O) groups is 2. The molecule has 5 nitrogen and oxygen atoms in total. The molecule has 3 spiro atoms. The molecule has 5 fully saturated rings. The van der Waals surface area contributed by atoms with Gasteiger partial charge in [-0.05, 0) is 49.1 Å². The van der Waals surface area contributed by atoms with Gasteiger partial charge in [-0.25, -0.2) is 0 Å². The summed E-state index contributed by atoms with van der Waals surface area (Å²) in [4.78, 5) is 30.9. The maximum atomic E-state index is 13.3. The van der Waals surface area contributed by atoms with E-state index in [0.717, 1.165) is 38.6 Å². The quantitative estimate of drug-likeness (QED) is 0.717. The lowest BCUT2D eigenvalue weighted by Gasteiger charge is -2.69. The summed E-state index contributed by atoms with van der Waals surface area (Å²) < 4.78 is 5.33. The number of anilines is 1. The zero-order chi connectivity index (χ0) is 18.6. The number of benzene rings is 1. The van der Waals surface area contributed by atoms with Crippen molar-refractivity contribution in [1.29, 1.82) is 0 Å². The van der Waals surface area contributed by atoms with E-state index in [1.165, 1.54) is 18.4 Å². The second-order valence-corrected chi connectivity index (χ2v) is 9.38. The van der Waals surface area contributed by atoms with Crippen LogP contribution in [0.5, 0.6) is 0 Å². The van der Waals surface area contributed by atoms with E-state index < -0.39 is 0 Å². The highest BCUT2D eigenvalue weighted by Gasteiger charge is 2.81. The minimum atomic E-state index is -0.349. The molecule has 5 heteroatoms. The van der Waals surface area contributed by atoms with E-state index >= 15 is 0 Å². The number of fused-ring (bicyclic) bond motifs is 3. The van der Waals surface area contributed by atoms with Crippen molar-refractivity contribution in [2.45, 2.75) is 55.5 Å². The molecule has 7 rings (SSSR count). The van der Waals surface area contributed by atoms with Gasteiger partial charge in [-0.15, -0.1) is 0 Å². The highest BCUT2D eigenvalue weighted by molar-refractivity contribution is 5.89. The Morgan fingerprint density at radius 3 is 2.85 bits per heavy atom. The molecular weight excluding hydrogens is 340 g/mol. The summed E-state index contributed by atoms with van der Waals surface area (Å²) in [7, 11) is 3.65. The second kappa shape index (κ2) is 4.68. The van der Waals surface area contributed by atoms with Gasteiger partial charge in [-0.1, -0.05) is 18.2 Å². The summed E-state index contributed by atoms with van der Waals surface area (Å²) in [5.41, 5.74) is 1.91. The van der Waals surface area contributed by atoms with Crippen molar-refractivity contribution in [3.8, 4) is 0 Å². The number of carbonyl (C=O) groups excluding carboxylic acids is 2. The Hall–Kier alpha value is -2.04. The molecular formula is C22H26N2O3. The number of methoxy groups -OCH3 is 1. The summed E-state index contributed by atoms with van der Waals surface area (Å²) in [5.74, 6) is 0.0183. The van der Waals surface area contributed by atoms with Gasteiger partial charge in [-0.2, -0.15) is 0 Å². The van der Waals surface area contributed by atoms with Gasteiger partial charge >= 0.3 is 5.97 Å². The van der Waals surface area contributed by atoms with Crippen molar-refractivity contribution in [3.63, 3.8) is 0 Å². The minimum Gasteiger partial charge on any atom is -0.469 e. The monoisotopic (exact) mass is 366 g/mol. The predicted molar refractivity (Wildman–Crippen MR) is 100 cm³/mol. The third-order valence-electron chi connectivity index (χ3n) is 8.98. The van der Waals surface area contributed by atoms with Crippen molar-refractivity contribution < 1.29 is 14.3 Å². The summed E-state index contributed by atoms with van der Waals surface area (Å²) in [6.07, 6.45) is 5.64. The van der Waals surface area contributed by atoms with Gasteiger partial charge in [-0.3, -0.25) is 9.59 Å². The Balaban J connectivity index is 1.70. The number of esters is 1. The lowest BCUT2D eigenvalue weighted by molar-refractivity contribution is -0.175. The molecule has 3 aliphatic carbocycles. The molecule has 3 heterocycles. The van der Waals surface area contributed by atoms with E-state index in [0.29, 0.717) is 6.42 Å². The van der Waals surface area contributed by atoms with Crippen molar-refractivity contribution in [2.75, 3.05) is 25.6 Å².